The summed E-state index contributed by atoms with van der Waals surface area (Å²) in [5.74, 6) is -3.30. The van der Waals surface area contributed by atoms with E-state index in [1.165, 1.54) is 6.08 Å². The minimum absolute atomic E-state index is 0.218. The average molecular weight is 286 g/mol. The quantitative estimate of drug-likeness (QED) is 0.363. The number of allylic oxidation sites excluding steroid dienone is 1. The highest BCUT2D eigenvalue weighted by atomic mass is 16.5. The molecule has 6 nitrogen and oxygen atoms in total. The molecule has 0 aromatic rings. The summed E-state index contributed by atoms with van der Waals surface area (Å²) in [6, 6.07) is 0. The Kier molecular flexibility index (Phi) is 8.27. The highest BCUT2D eigenvalue weighted by Gasteiger charge is 2.41. The first-order valence-corrected chi connectivity index (χ1v) is 6.66. The molecule has 114 valence electrons. The number of carboxylic acids is 2. The Labute approximate surface area is 118 Å². The smallest absolute Gasteiger partial charge is 0.314 e. The number of carboxylic acid groups (broad SMARTS) is 2. The molecular formula is C14H22O6. The topological polar surface area (TPSA) is 101 Å². The maximum Gasteiger partial charge on any atom is 0.314 e. The van der Waals surface area contributed by atoms with Crippen LogP contribution in [0.1, 0.15) is 46.0 Å². The fourth-order valence-corrected chi connectivity index (χ4v) is 1.66. The number of esters is 1. The summed E-state index contributed by atoms with van der Waals surface area (Å²) in [5, 5.41) is 18.2. The molecule has 0 rings (SSSR count). The lowest BCUT2D eigenvalue weighted by Crippen LogP contribution is -2.34. The van der Waals surface area contributed by atoms with Crippen molar-refractivity contribution in [3.8, 4) is 0 Å². The predicted molar refractivity (Wildman–Crippen MR) is 72.2 cm³/mol. The molecule has 20 heavy (non-hydrogen) atoms. The molecular weight excluding hydrogens is 264 g/mol. The van der Waals surface area contributed by atoms with Crippen molar-refractivity contribution < 1.29 is 29.3 Å². The number of unbranched alkanes of at least 4 members (excludes halogenated alkanes) is 1. The number of rotatable bonds is 10. The van der Waals surface area contributed by atoms with Crippen molar-refractivity contribution in [3.63, 3.8) is 0 Å². The summed E-state index contributed by atoms with van der Waals surface area (Å²) in [7, 11) is 0. The first-order chi connectivity index (χ1) is 9.38. The molecule has 0 saturated carbocycles. The Morgan fingerprint density at radius 1 is 1.15 bits per heavy atom. The molecule has 0 aliphatic heterocycles. The normalized spacial score (nSPS) is 13.9. The van der Waals surface area contributed by atoms with Crippen molar-refractivity contribution in [3.05, 3.63) is 12.2 Å². The van der Waals surface area contributed by atoms with Gasteiger partial charge in [-0.1, -0.05) is 32.4 Å². The van der Waals surface area contributed by atoms with Crippen molar-refractivity contribution in [2.75, 3.05) is 6.61 Å². The summed E-state index contributed by atoms with van der Waals surface area (Å²) in [5.41, 5.74) is -1.74. The lowest BCUT2D eigenvalue weighted by molar-refractivity contribution is -0.159. The number of carbonyl (C=O) groups is 3. The van der Waals surface area contributed by atoms with Gasteiger partial charge in [-0.15, -0.1) is 0 Å². The minimum Gasteiger partial charge on any atom is -0.481 e. The van der Waals surface area contributed by atoms with Crippen molar-refractivity contribution >= 4 is 17.9 Å². The van der Waals surface area contributed by atoms with E-state index in [0.717, 1.165) is 6.42 Å². The van der Waals surface area contributed by atoms with Crippen LogP contribution in [0.2, 0.25) is 0 Å². The van der Waals surface area contributed by atoms with Gasteiger partial charge in [0.1, 0.15) is 5.41 Å². The van der Waals surface area contributed by atoms with Crippen LogP contribution in [-0.4, -0.2) is 34.7 Å². The van der Waals surface area contributed by atoms with Crippen LogP contribution in [0.4, 0.5) is 0 Å². The number of carbonyl (C=O) groups excluding carboxylic acids is 1. The molecule has 6 heteroatoms. The SMILES string of the molecule is CCC=CC(CC(=O)O)(CC(=O)OCCCC)C(=O)O. The van der Waals surface area contributed by atoms with Crippen LogP contribution in [0, 0.1) is 5.41 Å². The molecule has 0 radical (unpaired) electrons. The van der Waals surface area contributed by atoms with Crippen LogP contribution < -0.4 is 0 Å². The molecule has 0 fully saturated rings. The first-order valence-electron chi connectivity index (χ1n) is 6.66. The van der Waals surface area contributed by atoms with Crippen LogP contribution in [0.25, 0.3) is 0 Å². The van der Waals surface area contributed by atoms with Crippen molar-refractivity contribution in [1.29, 1.82) is 0 Å². The molecule has 2 N–H and O–H groups in total. The van der Waals surface area contributed by atoms with E-state index in [9.17, 15) is 19.5 Å². The van der Waals surface area contributed by atoms with Crippen molar-refractivity contribution in [1.82, 2.24) is 0 Å². The molecule has 1 atom stereocenters. The largest absolute Gasteiger partial charge is 0.481 e. The molecule has 0 aromatic heterocycles. The Morgan fingerprint density at radius 3 is 2.25 bits per heavy atom. The van der Waals surface area contributed by atoms with Crippen molar-refractivity contribution in [2.45, 2.75) is 46.0 Å². The Bertz CT molecular complexity index is 374. The first kappa shape index (κ1) is 18.1. The van der Waals surface area contributed by atoms with Gasteiger partial charge in [-0.2, -0.15) is 0 Å². The van der Waals surface area contributed by atoms with Gasteiger partial charge in [-0.25, -0.2) is 0 Å². The number of hydrogen-bond acceptors (Lipinski definition) is 4. The molecule has 0 amide bonds. The minimum atomic E-state index is -1.74. The van der Waals surface area contributed by atoms with Crippen LogP contribution in [0.15, 0.2) is 12.2 Å². The van der Waals surface area contributed by atoms with E-state index in [2.05, 4.69) is 0 Å². The second kappa shape index (κ2) is 9.12. The maximum absolute atomic E-state index is 11.7. The van der Waals surface area contributed by atoms with E-state index < -0.39 is 36.2 Å². The van der Waals surface area contributed by atoms with Crippen LogP contribution in [-0.2, 0) is 19.1 Å². The molecule has 0 bridgehead atoms. The lowest BCUT2D eigenvalue weighted by atomic mass is 9.80. The highest BCUT2D eigenvalue weighted by molar-refractivity contribution is 5.88. The summed E-state index contributed by atoms with van der Waals surface area (Å²) in [4.78, 5) is 34.0. The van der Waals surface area contributed by atoms with E-state index >= 15 is 0 Å². The zero-order valence-electron chi connectivity index (χ0n) is 11.9. The summed E-state index contributed by atoms with van der Waals surface area (Å²) in [6.07, 6.45) is 3.80. The van der Waals surface area contributed by atoms with Gasteiger partial charge in [-0.05, 0) is 12.8 Å². The molecule has 0 aliphatic rings. The van der Waals surface area contributed by atoms with Gasteiger partial charge in [0.2, 0.25) is 0 Å². The van der Waals surface area contributed by atoms with Gasteiger partial charge in [-0.3, -0.25) is 14.4 Å². The molecule has 0 spiro atoms. The molecule has 0 heterocycles. The second-order valence-electron chi connectivity index (χ2n) is 4.59. The Morgan fingerprint density at radius 2 is 1.80 bits per heavy atom. The number of hydrogen-bond donors (Lipinski definition) is 2. The Balaban J connectivity index is 4.98. The van der Waals surface area contributed by atoms with Gasteiger partial charge in [0.05, 0.1) is 19.4 Å². The van der Waals surface area contributed by atoms with E-state index in [4.69, 9.17) is 9.84 Å². The fraction of sp³-hybridized carbons (Fsp3) is 0.643. The lowest BCUT2D eigenvalue weighted by Gasteiger charge is -2.23. The fourth-order valence-electron chi connectivity index (χ4n) is 1.66. The van der Waals surface area contributed by atoms with Gasteiger partial charge in [0, 0.05) is 0 Å². The van der Waals surface area contributed by atoms with Crippen LogP contribution >= 0.6 is 0 Å². The van der Waals surface area contributed by atoms with Crippen LogP contribution in [0.3, 0.4) is 0 Å². The summed E-state index contributed by atoms with van der Waals surface area (Å²) >= 11 is 0. The third kappa shape index (κ3) is 6.36. The summed E-state index contributed by atoms with van der Waals surface area (Å²) in [6.45, 7) is 3.95. The van der Waals surface area contributed by atoms with Crippen LogP contribution in [0.5, 0.6) is 0 Å². The van der Waals surface area contributed by atoms with E-state index in [1.807, 2.05) is 6.92 Å². The predicted octanol–water partition coefficient (Wildman–Crippen LogP) is 2.23. The zero-order chi connectivity index (χ0) is 15.6. The highest BCUT2D eigenvalue weighted by Crippen LogP contribution is 2.30. The average Bonchev–Trinajstić information content (AvgIpc) is 2.35. The second-order valence-corrected chi connectivity index (χ2v) is 4.59. The maximum atomic E-state index is 11.7. The Hall–Kier alpha value is -1.85. The number of aliphatic carboxylic acids is 2. The molecule has 0 aromatic carbocycles. The van der Waals surface area contributed by atoms with E-state index in [1.54, 1.807) is 13.0 Å². The van der Waals surface area contributed by atoms with E-state index in [0.29, 0.717) is 12.8 Å². The molecule has 0 aliphatic carbocycles. The molecule has 1 unspecified atom stereocenters. The summed E-state index contributed by atoms with van der Waals surface area (Å²) < 4.78 is 4.92. The standard InChI is InChI=1S/C14H22O6/c1-3-5-7-14(13(18)19,9-11(15)16)10-12(17)20-8-6-4-2/h5,7H,3-4,6,8-10H2,1-2H3,(H,15,16)(H,18,19). The van der Waals surface area contributed by atoms with E-state index in [-0.39, 0.29) is 6.61 Å². The van der Waals surface area contributed by atoms with Gasteiger partial charge in [0.15, 0.2) is 0 Å². The van der Waals surface area contributed by atoms with Gasteiger partial charge >= 0.3 is 17.9 Å². The third-order valence-corrected chi connectivity index (χ3v) is 2.79. The zero-order valence-corrected chi connectivity index (χ0v) is 11.9. The molecule has 0 saturated heterocycles. The monoisotopic (exact) mass is 286 g/mol. The van der Waals surface area contributed by atoms with Gasteiger partial charge in [0.25, 0.3) is 0 Å². The van der Waals surface area contributed by atoms with Crippen molar-refractivity contribution in [2.24, 2.45) is 5.41 Å². The third-order valence-electron chi connectivity index (χ3n) is 2.79. The number of ether oxygens (including phenoxy) is 1. The van der Waals surface area contributed by atoms with Gasteiger partial charge < -0.3 is 14.9 Å².